The molecule has 0 aliphatic carbocycles. The van der Waals surface area contributed by atoms with Gasteiger partial charge >= 0.3 is 6.16 Å². The average Bonchev–Trinajstić information content (AvgIpc) is 2.40. The Kier molecular flexibility index (Phi) is 8.49. The second kappa shape index (κ2) is 8.97. The zero-order valence-electron chi connectivity index (χ0n) is 12.9. The first-order valence-electron chi connectivity index (χ1n) is 7.07. The van der Waals surface area contributed by atoms with Crippen molar-refractivity contribution in [3.8, 4) is 0 Å². The highest BCUT2D eigenvalue weighted by atomic mass is 28.3. The molecule has 20 heavy (non-hydrogen) atoms. The monoisotopic (exact) mass is 312 g/mol. The van der Waals surface area contributed by atoms with Crippen LogP contribution in [0, 0.1) is 0 Å². The van der Waals surface area contributed by atoms with Gasteiger partial charge in [0.2, 0.25) is 0 Å². The maximum absolute atomic E-state index is 10.2. The predicted octanol–water partition coefficient (Wildman–Crippen LogP) is 4.79. The standard InChI is InChI=1S/C15H28O3Si2/c1-6-20(7-2,8-3)14-13-19(4,5)12-10-9-11-18-15(16)17/h6-8H,1-3,9-14H2,4-5H3,(H,16,17). The van der Waals surface area contributed by atoms with E-state index in [0.29, 0.717) is 6.61 Å². The van der Waals surface area contributed by atoms with Gasteiger partial charge in [-0.15, -0.1) is 19.7 Å². The molecule has 0 bridgehead atoms. The molecule has 0 unspecified atom stereocenters. The van der Waals surface area contributed by atoms with E-state index in [1.807, 2.05) is 0 Å². The third-order valence-corrected chi connectivity index (χ3v) is 11.1. The van der Waals surface area contributed by atoms with Crippen LogP contribution < -0.4 is 0 Å². The minimum atomic E-state index is -1.67. The first-order chi connectivity index (χ1) is 9.31. The van der Waals surface area contributed by atoms with Gasteiger partial charge in [0.1, 0.15) is 8.07 Å². The number of hydrogen-bond donors (Lipinski definition) is 1. The van der Waals surface area contributed by atoms with Crippen molar-refractivity contribution in [2.45, 2.75) is 44.1 Å². The van der Waals surface area contributed by atoms with Crippen LogP contribution in [0.25, 0.3) is 0 Å². The summed E-state index contributed by atoms with van der Waals surface area (Å²) in [6.07, 6.45) is 0.674. The number of carbonyl (C=O) groups is 1. The molecule has 0 rings (SSSR count). The Balaban J connectivity index is 4.12. The van der Waals surface area contributed by atoms with Gasteiger partial charge in [0.15, 0.2) is 0 Å². The molecule has 0 aromatic carbocycles. The molecule has 5 heteroatoms. The van der Waals surface area contributed by atoms with Gasteiger partial charge < -0.3 is 9.84 Å². The first kappa shape index (κ1) is 18.9. The Bertz CT molecular complexity index is 329. The number of carboxylic acid groups (broad SMARTS) is 1. The lowest BCUT2D eigenvalue weighted by Crippen LogP contribution is -2.33. The first-order valence-corrected chi connectivity index (χ1v) is 12.9. The third kappa shape index (κ3) is 7.50. The molecule has 0 atom stereocenters. The van der Waals surface area contributed by atoms with Crippen LogP contribution in [0.15, 0.2) is 36.8 Å². The summed E-state index contributed by atoms with van der Waals surface area (Å²) >= 11 is 0. The molecule has 0 aromatic rings. The predicted molar refractivity (Wildman–Crippen MR) is 91.5 cm³/mol. The van der Waals surface area contributed by atoms with E-state index in [0.717, 1.165) is 18.9 Å². The van der Waals surface area contributed by atoms with Gasteiger partial charge in [0, 0.05) is 8.07 Å². The molecule has 0 aromatic heterocycles. The van der Waals surface area contributed by atoms with E-state index >= 15 is 0 Å². The molecule has 0 heterocycles. The van der Waals surface area contributed by atoms with Crippen molar-refractivity contribution in [1.29, 1.82) is 0 Å². The Hall–Kier alpha value is -1.08. The maximum Gasteiger partial charge on any atom is 0.505 e. The van der Waals surface area contributed by atoms with Crippen LogP contribution in [-0.4, -0.2) is 34.0 Å². The molecule has 0 saturated carbocycles. The van der Waals surface area contributed by atoms with E-state index < -0.39 is 22.3 Å². The molecular formula is C15H28O3Si2. The largest absolute Gasteiger partial charge is 0.505 e. The zero-order valence-corrected chi connectivity index (χ0v) is 14.9. The Labute approximate surface area is 125 Å². The lowest BCUT2D eigenvalue weighted by Gasteiger charge is -2.27. The van der Waals surface area contributed by atoms with Gasteiger partial charge in [-0.2, -0.15) is 0 Å². The summed E-state index contributed by atoms with van der Waals surface area (Å²) in [6.45, 7) is 16.9. The molecule has 0 radical (unpaired) electrons. The Morgan fingerprint density at radius 2 is 1.60 bits per heavy atom. The fraction of sp³-hybridized carbons (Fsp3) is 0.533. The van der Waals surface area contributed by atoms with Crippen LogP contribution in [0.1, 0.15) is 12.8 Å². The highest BCUT2D eigenvalue weighted by Crippen LogP contribution is 2.26. The van der Waals surface area contributed by atoms with E-state index in [-0.39, 0.29) is 0 Å². The van der Waals surface area contributed by atoms with Crippen LogP contribution in [0.2, 0.25) is 31.2 Å². The van der Waals surface area contributed by atoms with Gasteiger partial charge in [0.25, 0.3) is 0 Å². The zero-order chi connectivity index (χ0) is 15.6. The summed E-state index contributed by atoms with van der Waals surface area (Å²) in [5.41, 5.74) is 6.16. The van der Waals surface area contributed by atoms with Crippen molar-refractivity contribution in [1.82, 2.24) is 0 Å². The number of rotatable bonds is 11. The van der Waals surface area contributed by atoms with Crippen molar-refractivity contribution in [2.24, 2.45) is 0 Å². The second-order valence-electron chi connectivity index (χ2n) is 5.96. The number of unbranched alkanes of at least 4 members (excludes halogenated alkanes) is 1. The Morgan fingerprint density at radius 1 is 1.05 bits per heavy atom. The lowest BCUT2D eigenvalue weighted by molar-refractivity contribution is 0.0904. The molecule has 0 aliphatic heterocycles. The minimum absolute atomic E-state index is 0.310. The van der Waals surface area contributed by atoms with Gasteiger partial charge in [-0.3, -0.25) is 0 Å². The van der Waals surface area contributed by atoms with Crippen molar-refractivity contribution in [3.05, 3.63) is 36.8 Å². The normalized spacial score (nSPS) is 11.7. The molecule has 3 nitrogen and oxygen atoms in total. The molecule has 1 N–H and O–H groups in total. The molecule has 0 amide bonds. The van der Waals surface area contributed by atoms with E-state index in [9.17, 15) is 4.79 Å². The molecular weight excluding hydrogens is 284 g/mol. The summed E-state index contributed by atoms with van der Waals surface area (Å²) in [6, 6.07) is 3.59. The summed E-state index contributed by atoms with van der Waals surface area (Å²) in [5.74, 6) is 0. The fourth-order valence-corrected chi connectivity index (χ4v) is 9.11. The van der Waals surface area contributed by atoms with Crippen LogP contribution in [0.5, 0.6) is 0 Å². The van der Waals surface area contributed by atoms with Crippen LogP contribution in [0.4, 0.5) is 4.79 Å². The second-order valence-corrected chi connectivity index (χ2v) is 15.2. The molecule has 0 saturated heterocycles. The lowest BCUT2D eigenvalue weighted by atomic mass is 10.4. The van der Waals surface area contributed by atoms with Gasteiger partial charge in [0.05, 0.1) is 6.61 Å². The van der Waals surface area contributed by atoms with Gasteiger partial charge in [-0.1, -0.05) is 48.7 Å². The topological polar surface area (TPSA) is 46.5 Å². The highest BCUT2D eigenvalue weighted by molar-refractivity contribution is 6.94. The van der Waals surface area contributed by atoms with Crippen LogP contribution in [-0.2, 0) is 4.74 Å². The maximum atomic E-state index is 10.2. The van der Waals surface area contributed by atoms with E-state index in [2.05, 4.69) is 54.7 Å². The molecule has 0 fully saturated rings. The van der Waals surface area contributed by atoms with Crippen molar-refractivity contribution >= 4 is 22.3 Å². The van der Waals surface area contributed by atoms with Crippen molar-refractivity contribution in [2.75, 3.05) is 6.61 Å². The fourth-order valence-electron chi connectivity index (χ4n) is 2.10. The summed E-state index contributed by atoms with van der Waals surface area (Å²) < 4.78 is 4.52. The van der Waals surface area contributed by atoms with Crippen molar-refractivity contribution in [3.63, 3.8) is 0 Å². The molecule has 0 spiro atoms. The average molecular weight is 313 g/mol. The Morgan fingerprint density at radius 3 is 2.05 bits per heavy atom. The third-order valence-electron chi connectivity index (χ3n) is 3.85. The summed E-state index contributed by atoms with van der Waals surface area (Å²) in [7, 11) is -2.92. The highest BCUT2D eigenvalue weighted by Gasteiger charge is 2.27. The van der Waals surface area contributed by atoms with Crippen LogP contribution >= 0.6 is 0 Å². The van der Waals surface area contributed by atoms with E-state index in [1.54, 1.807) is 0 Å². The molecule has 0 aliphatic rings. The van der Waals surface area contributed by atoms with Gasteiger partial charge in [-0.05, 0) is 12.5 Å². The van der Waals surface area contributed by atoms with Crippen molar-refractivity contribution < 1.29 is 14.6 Å². The smallest absolute Gasteiger partial charge is 0.450 e. The van der Waals surface area contributed by atoms with Crippen LogP contribution in [0.3, 0.4) is 0 Å². The van der Waals surface area contributed by atoms with E-state index in [4.69, 9.17) is 5.11 Å². The van der Waals surface area contributed by atoms with E-state index in [1.165, 1.54) is 12.1 Å². The number of ether oxygens (including phenoxy) is 1. The number of hydrogen-bond acceptors (Lipinski definition) is 2. The quantitative estimate of drug-likeness (QED) is 0.339. The summed E-state index contributed by atoms with van der Waals surface area (Å²) in [4.78, 5) is 10.2. The SMILES string of the molecule is C=C[Si](C=C)(C=C)CC[Si](C)(C)CCCCOC(=O)O. The summed E-state index contributed by atoms with van der Waals surface area (Å²) in [5, 5.41) is 8.39. The minimum Gasteiger partial charge on any atom is -0.450 e. The van der Waals surface area contributed by atoms with Gasteiger partial charge in [-0.25, -0.2) is 4.79 Å². The molecule has 114 valence electrons.